The molecule has 0 aliphatic carbocycles. The Morgan fingerprint density at radius 2 is 0.538 bits per heavy atom. The smallest absolute Gasteiger partial charge is 0 e. The Kier molecular flexibility index (Phi) is 210. The molecule has 0 radical (unpaired) electrons. The summed E-state index contributed by atoms with van der Waals surface area (Å²) in [6, 6.07) is 0. The van der Waals surface area contributed by atoms with E-state index in [0.717, 1.165) is 0 Å². The maximum absolute atomic E-state index is 7.13. The number of nitrogens with zero attached hydrogens (tertiary/aromatic N) is 4. The number of isothiocyanates is 4. The molecule has 0 heterocycles. The average molecular weight is 416 g/mol. The van der Waals surface area contributed by atoms with Gasteiger partial charge in [-0.05, 0) is 0 Å². The molecule has 0 aliphatic heterocycles. The second-order valence-electron chi connectivity index (χ2n) is 0.365. The fourth-order valence-corrected chi connectivity index (χ4v) is 0. The summed E-state index contributed by atoms with van der Waals surface area (Å²) in [4.78, 5) is 0. The van der Waals surface area contributed by atoms with Gasteiger partial charge in [0.15, 0.2) is 0 Å². The van der Waals surface area contributed by atoms with E-state index in [1.54, 1.807) is 0 Å². The molecule has 0 rings (SSSR count). The van der Waals surface area contributed by atoms with Gasteiger partial charge in [-0.3, -0.25) is 0 Å². The molecular formula is C4N4S4W-4. The number of hydrogen-bond acceptors (Lipinski definition) is 4. The van der Waals surface area contributed by atoms with Crippen molar-refractivity contribution in [3.63, 3.8) is 0 Å². The molecule has 0 amide bonds. The molecule has 0 aromatic heterocycles. The normalized spacial score (nSPS) is 2.46. The third-order valence-corrected chi connectivity index (χ3v) is 0. The summed E-state index contributed by atoms with van der Waals surface area (Å²) in [5.74, 6) is 0. The van der Waals surface area contributed by atoms with Crippen molar-refractivity contribution in [2.45, 2.75) is 0 Å². The van der Waals surface area contributed by atoms with Crippen molar-refractivity contribution in [1.29, 1.82) is 0 Å². The first-order valence-electron chi connectivity index (χ1n) is 1.71. The molecule has 0 bridgehead atoms. The largest absolute Gasteiger partial charge is 0.753 e. The van der Waals surface area contributed by atoms with Crippen LogP contribution in [0.25, 0.3) is 21.6 Å². The van der Waals surface area contributed by atoms with Crippen LogP contribution < -0.4 is 0 Å². The van der Waals surface area contributed by atoms with Gasteiger partial charge in [-0.2, -0.15) is 20.6 Å². The molecule has 0 fully saturated rings. The molecule has 9 heteroatoms. The van der Waals surface area contributed by atoms with Crippen molar-refractivity contribution in [3.05, 3.63) is 21.6 Å². The molecule has 0 N–H and O–H groups in total. The van der Waals surface area contributed by atoms with Crippen LogP contribution in [0.15, 0.2) is 0 Å². The Balaban J connectivity index is -0.0000000213. The molecule has 70 valence electrons. The van der Waals surface area contributed by atoms with Crippen LogP contribution in [-0.2, 0) is 21.1 Å². The molecule has 0 aromatic carbocycles. The molecular weight excluding hydrogens is 416 g/mol. The van der Waals surface area contributed by atoms with E-state index in [9.17, 15) is 0 Å². The van der Waals surface area contributed by atoms with Gasteiger partial charge in [-0.1, -0.05) is 48.9 Å². The summed E-state index contributed by atoms with van der Waals surface area (Å²) in [5.41, 5.74) is 0. The Morgan fingerprint density at radius 3 is 0.538 bits per heavy atom. The van der Waals surface area contributed by atoms with Gasteiger partial charge in [0.05, 0.1) is 0 Å². The van der Waals surface area contributed by atoms with Gasteiger partial charge >= 0.3 is 0 Å². The molecule has 0 atom stereocenters. The van der Waals surface area contributed by atoms with Crippen molar-refractivity contribution in [2.75, 3.05) is 0 Å². The van der Waals surface area contributed by atoms with Gasteiger partial charge in [-0.15, -0.1) is 0 Å². The van der Waals surface area contributed by atoms with Gasteiger partial charge in [0.1, 0.15) is 0 Å². The minimum Gasteiger partial charge on any atom is -0.753 e. The zero-order valence-electron chi connectivity index (χ0n) is 5.83. The standard InChI is InChI=1S/4CNS.W/c4*2-1-3;/q4*-1;. The Hall–Kier alpha value is -0.112. The van der Waals surface area contributed by atoms with Crippen molar-refractivity contribution in [1.82, 2.24) is 0 Å². The number of hydrogen-bond donors (Lipinski definition) is 0. The predicted octanol–water partition coefficient (Wildman–Crippen LogP) is 2.63. The summed E-state index contributed by atoms with van der Waals surface area (Å²) < 4.78 is 0. The first kappa shape index (κ1) is 29.3. The van der Waals surface area contributed by atoms with Crippen LogP contribution in [-0.4, -0.2) is 20.6 Å². The minimum atomic E-state index is 0. The Morgan fingerprint density at radius 1 is 0.538 bits per heavy atom. The first-order chi connectivity index (χ1) is 5.66. The van der Waals surface area contributed by atoms with Crippen LogP contribution in [0.2, 0.25) is 0 Å². The van der Waals surface area contributed by atoms with Crippen LogP contribution in [0.1, 0.15) is 0 Å². The molecule has 0 spiro atoms. The fourth-order valence-electron chi connectivity index (χ4n) is 0. The van der Waals surface area contributed by atoms with E-state index < -0.39 is 0 Å². The second kappa shape index (κ2) is 93.2. The zero-order chi connectivity index (χ0) is 10.8. The summed E-state index contributed by atoms with van der Waals surface area (Å²) in [5, 5.41) is 33.9. The van der Waals surface area contributed by atoms with E-state index >= 15 is 0 Å². The summed E-state index contributed by atoms with van der Waals surface area (Å²) >= 11 is 14.8. The van der Waals surface area contributed by atoms with Crippen molar-refractivity contribution >= 4 is 69.5 Å². The molecule has 0 saturated heterocycles. The maximum atomic E-state index is 7.13. The summed E-state index contributed by atoms with van der Waals surface area (Å²) in [6.45, 7) is 0. The van der Waals surface area contributed by atoms with Crippen LogP contribution >= 0.6 is 48.9 Å². The minimum absolute atomic E-state index is 0. The van der Waals surface area contributed by atoms with Crippen molar-refractivity contribution in [2.24, 2.45) is 0 Å². The Labute approximate surface area is 111 Å². The zero-order valence-corrected chi connectivity index (χ0v) is 12.0. The summed E-state index contributed by atoms with van der Waals surface area (Å²) in [7, 11) is 0. The average Bonchev–Trinajstić information content (AvgIpc) is 1.92. The van der Waals surface area contributed by atoms with Crippen LogP contribution in [0.5, 0.6) is 0 Å². The molecule has 0 unspecified atom stereocenters. The van der Waals surface area contributed by atoms with Crippen LogP contribution in [0.3, 0.4) is 0 Å². The fraction of sp³-hybridized carbons (Fsp3) is 0. The monoisotopic (exact) mass is 416 g/mol. The van der Waals surface area contributed by atoms with Crippen molar-refractivity contribution in [3.8, 4) is 0 Å². The van der Waals surface area contributed by atoms with E-state index in [0.29, 0.717) is 0 Å². The summed E-state index contributed by atoms with van der Waals surface area (Å²) in [6.07, 6.45) is 0. The van der Waals surface area contributed by atoms with Gasteiger partial charge in [0, 0.05) is 21.1 Å². The van der Waals surface area contributed by atoms with E-state index in [2.05, 4.69) is 48.9 Å². The third kappa shape index (κ3) is 93200. The van der Waals surface area contributed by atoms with Crippen LogP contribution in [0.4, 0.5) is 0 Å². The SMILES string of the molecule is [N-]=C=S.[N-]=C=S.[N-]=C=S.[N-]=C=S.[W]. The molecule has 4 nitrogen and oxygen atoms in total. The molecule has 13 heavy (non-hydrogen) atoms. The first-order valence-corrected chi connectivity index (χ1v) is 3.34. The van der Waals surface area contributed by atoms with Gasteiger partial charge in [-0.25, -0.2) is 0 Å². The van der Waals surface area contributed by atoms with Gasteiger partial charge < -0.3 is 21.6 Å². The van der Waals surface area contributed by atoms with E-state index in [4.69, 9.17) is 21.6 Å². The Bertz CT molecular complexity index is 156. The number of rotatable bonds is 0. The van der Waals surface area contributed by atoms with Crippen molar-refractivity contribution < 1.29 is 21.1 Å². The van der Waals surface area contributed by atoms with E-state index in [1.807, 2.05) is 0 Å². The van der Waals surface area contributed by atoms with Gasteiger partial charge in [0.25, 0.3) is 0 Å². The topological polar surface area (TPSA) is 89.2 Å². The van der Waals surface area contributed by atoms with Crippen LogP contribution in [0, 0.1) is 0 Å². The molecule has 0 saturated carbocycles. The maximum Gasteiger partial charge on any atom is 0 e. The number of thiocarbonyl (C=S) groups is 4. The van der Waals surface area contributed by atoms with E-state index in [1.165, 1.54) is 20.6 Å². The molecule has 0 aliphatic rings. The quantitative estimate of drug-likeness (QED) is 0.449. The second-order valence-corrected chi connectivity index (χ2v) is 1.10. The third-order valence-electron chi connectivity index (χ3n) is 0. The van der Waals surface area contributed by atoms with Gasteiger partial charge in [0.2, 0.25) is 0 Å². The predicted molar refractivity (Wildman–Crippen MR) is 63.8 cm³/mol. The molecule has 0 aromatic rings. The van der Waals surface area contributed by atoms with E-state index in [-0.39, 0.29) is 21.1 Å².